The molecule has 0 saturated heterocycles. The molecule has 0 radical (unpaired) electrons. The molecule has 25 heavy (non-hydrogen) atoms. The van der Waals surface area contributed by atoms with Crippen molar-refractivity contribution in [2.24, 2.45) is 0 Å². The molecule has 3 rings (SSSR count). The molecule has 0 unspecified atom stereocenters. The molecule has 1 atom stereocenters. The maximum absolute atomic E-state index is 13.7. The van der Waals surface area contributed by atoms with E-state index < -0.39 is 23.6 Å². The van der Waals surface area contributed by atoms with Crippen LogP contribution in [0, 0.1) is 11.6 Å². The molecule has 1 N–H and O–H groups in total. The molecule has 1 aliphatic rings. The van der Waals surface area contributed by atoms with E-state index in [0.717, 1.165) is 31.4 Å². The average molecular weight is 345 g/mol. The lowest BCUT2D eigenvalue weighted by Gasteiger charge is -2.20. The fraction of sp³-hybridized carbons (Fsp3) is 0.350. The number of hydrogen-bond acceptors (Lipinski definition) is 2. The van der Waals surface area contributed by atoms with Crippen LogP contribution >= 0.6 is 0 Å². The molecule has 5 heteroatoms. The van der Waals surface area contributed by atoms with Crippen molar-refractivity contribution in [1.29, 1.82) is 0 Å². The molecule has 0 bridgehead atoms. The minimum absolute atomic E-state index is 0.0566. The van der Waals surface area contributed by atoms with E-state index in [9.17, 15) is 13.6 Å². The van der Waals surface area contributed by atoms with Gasteiger partial charge < -0.3 is 10.1 Å². The SMILES string of the molecule is CC[C@@H](Oc1ccc2c(c1)CCCC2)C(=O)Nc1ccc(F)cc1F. The van der Waals surface area contributed by atoms with E-state index in [-0.39, 0.29) is 5.69 Å². The van der Waals surface area contributed by atoms with Crippen LogP contribution in [0.15, 0.2) is 36.4 Å². The van der Waals surface area contributed by atoms with Crippen molar-refractivity contribution in [3.05, 3.63) is 59.2 Å². The van der Waals surface area contributed by atoms with Crippen LogP contribution in [0.1, 0.15) is 37.3 Å². The normalized spacial score (nSPS) is 14.5. The molecule has 0 heterocycles. The summed E-state index contributed by atoms with van der Waals surface area (Å²) in [5.74, 6) is -1.31. The van der Waals surface area contributed by atoms with E-state index >= 15 is 0 Å². The highest BCUT2D eigenvalue weighted by molar-refractivity contribution is 5.94. The highest BCUT2D eigenvalue weighted by atomic mass is 19.1. The maximum Gasteiger partial charge on any atom is 0.265 e. The van der Waals surface area contributed by atoms with E-state index in [2.05, 4.69) is 5.32 Å². The van der Waals surface area contributed by atoms with Gasteiger partial charge in [0, 0.05) is 6.07 Å². The van der Waals surface area contributed by atoms with Crippen molar-refractivity contribution in [2.45, 2.75) is 45.1 Å². The molecule has 0 saturated carbocycles. The molecule has 3 nitrogen and oxygen atoms in total. The second-order valence-corrected chi connectivity index (χ2v) is 6.27. The lowest BCUT2D eigenvalue weighted by Crippen LogP contribution is -2.32. The fourth-order valence-electron chi connectivity index (χ4n) is 3.07. The molecule has 132 valence electrons. The number of benzene rings is 2. The number of halogens is 2. The molecule has 2 aromatic rings. The van der Waals surface area contributed by atoms with Crippen LogP contribution < -0.4 is 10.1 Å². The summed E-state index contributed by atoms with van der Waals surface area (Å²) in [6.45, 7) is 1.82. The largest absolute Gasteiger partial charge is 0.481 e. The van der Waals surface area contributed by atoms with Gasteiger partial charge in [-0.15, -0.1) is 0 Å². The first-order chi connectivity index (χ1) is 12.1. The monoisotopic (exact) mass is 345 g/mol. The summed E-state index contributed by atoms with van der Waals surface area (Å²) in [5, 5.41) is 2.47. The summed E-state index contributed by atoms with van der Waals surface area (Å²) < 4.78 is 32.5. The third-order valence-corrected chi connectivity index (χ3v) is 4.45. The van der Waals surface area contributed by atoms with E-state index in [1.165, 1.54) is 23.6 Å². The van der Waals surface area contributed by atoms with Gasteiger partial charge in [-0.3, -0.25) is 4.79 Å². The summed E-state index contributed by atoms with van der Waals surface area (Å²) >= 11 is 0. The van der Waals surface area contributed by atoms with Crippen molar-refractivity contribution in [2.75, 3.05) is 5.32 Å². The number of carbonyl (C=O) groups excluding carboxylic acids is 1. The first-order valence-electron chi connectivity index (χ1n) is 8.61. The zero-order chi connectivity index (χ0) is 17.8. The van der Waals surface area contributed by atoms with Gasteiger partial charge in [0.1, 0.15) is 17.4 Å². The average Bonchev–Trinajstić information content (AvgIpc) is 2.61. The summed E-state index contributed by atoms with van der Waals surface area (Å²) in [6.07, 6.45) is 4.17. The minimum atomic E-state index is -0.808. The van der Waals surface area contributed by atoms with Crippen LogP contribution in [0.3, 0.4) is 0 Å². The smallest absolute Gasteiger partial charge is 0.265 e. The van der Waals surface area contributed by atoms with Crippen molar-refractivity contribution in [3.8, 4) is 5.75 Å². The van der Waals surface area contributed by atoms with Gasteiger partial charge in [0.25, 0.3) is 5.91 Å². The Kier molecular flexibility index (Phi) is 5.31. The zero-order valence-electron chi connectivity index (χ0n) is 14.1. The molecule has 1 aliphatic carbocycles. The lowest BCUT2D eigenvalue weighted by molar-refractivity contribution is -0.122. The second kappa shape index (κ2) is 7.64. The van der Waals surface area contributed by atoms with Crippen molar-refractivity contribution < 1.29 is 18.3 Å². The van der Waals surface area contributed by atoms with Gasteiger partial charge in [0.2, 0.25) is 0 Å². The van der Waals surface area contributed by atoms with Gasteiger partial charge in [-0.2, -0.15) is 0 Å². The van der Waals surface area contributed by atoms with Crippen LogP contribution in [0.25, 0.3) is 0 Å². The fourth-order valence-corrected chi connectivity index (χ4v) is 3.07. The van der Waals surface area contributed by atoms with E-state index in [0.29, 0.717) is 12.2 Å². The summed E-state index contributed by atoms with van der Waals surface area (Å²) in [5.41, 5.74) is 2.55. The highest BCUT2D eigenvalue weighted by Gasteiger charge is 2.21. The Morgan fingerprint density at radius 3 is 2.60 bits per heavy atom. The molecular formula is C20H21F2NO2. The Bertz CT molecular complexity index is 776. The van der Waals surface area contributed by atoms with Crippen molar-refractivity contribution in [3.63, 3.8) is 0 Å². The standard InChI is InChI=1S/C20H21F2NO2/c1-2-19(20(24)23-18-10-8-15(21)12-17(18)22)25-16-9-7-13-5-3-4-6-14(13)11-16/h7-12,19H,2-6H2,1H3,(H,23,24)/t19-/m1/s1. The molecule has 0 aromatic heterocycles. The van der Waals surface area contributed by atoms with Crippen molar-refractivity contribution >= 4 is 11.6 Å². The Balaban J connectivity index is 1.70. The van der Waals surface area contributed by atoms with Gasteiger partial charge in [0.15, 0.2) is 6.10 Å². The number of carbonyl (C=O) groups is 1. The Labute approximate surface area is 146 Å². The Morgan fingerprint density at radius 1 is 1.12 bits per heavy atom. The highest BCUT2D eigenvalue weighted by Crippen LogP contribution is 2.26. The Morgan fingerprint density at radius 2 is 1.88 bits per heavy atom. The maximum atomic E-state index is 13.7. The third-order valence-electron chi connectivity index (χ3n) is 4.45. The first kappa shape index (κ1) is 17.4. The summed E-state index contributed by atoms with van der Waals surface area (Å²) in [7, 11) is 0. The second-order valence-electron chi connectivity index (χ2n) is 6.27. The molecule has 2 aromatic carbocycles. The molecule has 0 aliphatic heterocycles. The molecule has 0 fully saturated rings. The number of anilines is 1. The quantitative estimate of drug-likeness (QED) is 0.857. The van der Waals surface area contributed by atoms with E-state index in [1.54, 1.807) is 0 Å². The molecule has 0 spiro atoms. The minimum Gasteiger partial charge on any atom is -0.481 e. The number of fused-ring (bicyclic) bond motifs is 1. The zero-order valence-corrected chi connectivity index (χ0v) is 14.1. The van der Waals surface area contributed by atoms with Crippen LogP contribution in [-0.2, 0) is 17.6 Å². The number of hydrogen-bond donors (Lipinski definition) is 1. The van der Waals surface area contributed by atoms with Crippen LogP contribution in [0.5, 0.6) is 5.75 Å². The number of ether oxygens (including phenoxy) is 1. The number of amides is 1. The first-order valence-corrected chi connectivity index (χ1v) is 8.61. The van der Waals surface area contributed by atoms with E-state index in [4.69, 9.17) is 4.74 Å². The van der Waals surface area contributed by atoms with Gasteiger partial charge in [0.05, 0.1) is 5.69 Å². The third kappa shape index (κ3) is 4.16. The predicted octanol–water partition coefficient (Wildman–Crippen LogP) is 4.64. The van der Waals surface area contributed by atoms with Crippen LogP contribution in [0.4, 0.5) is 14.5 Å². The number of rotatable bonds is 5. The summed E-state index contributed by atoms with van der Waals surface area (Å²) in [6, 6.07) is 8.95. The van der Waals surface area contributed by atoms with Crippen LogP contribution in [0.2, 0.25) is 0 Å². The molecular weight excluding hydrogens is 324 g/mol. The number of aryl methyl sites for hydroxylation is 2. The van der Waals surface area contributed by atoms with Gasteiger partial charge >= 0.3 is 0 Å². The van der Waals surface area contributed by atoms with Gasteiger partial charge in [-0.25, -0.2) is 8.78 Å². The van der Waals surface area contributed by atoms with Gasteiger partial charge in [-0.05, 0) is 67.5 Å². The predicted molar refractivity (Wildman–Crippen MR) is 92.8 cm³/mol. The lowest BCUT2D eigenvalue weighted by atomic mass is 9.92. The Hall–Kier alpha value is -2.43. The summed E-state index contributed by atoms with van der Waals surface area (Å²) in [4.78, 5) is 12.4. The topological polar surface area (TPSA) is 38.3 Å². The van der Waals surface area contributed by atoms with Crippen LogP contribution in [-0.4, -0.2) is 12.0 Å². The number of nitrogens with one attached hydrogen (secondary N) is 1. The molecule has 1 amide bonds. The van der Waals surface area contributed by atoms with Crippen molar-refractivity contribution in [1.82, 2.24) is 0 Å². The van der Waals surface area contributed by atoms with Gasteiger partial charge in [-0.1, -0.05) is 13.0 Å². The van der Waals surface area contributed by atoms with E-state index in [1.807, 2.05) is 25.1 Å².